The van der Waals surface area contributed by atoms with Crippen molar-refractivity contribution in [2.45, 2.75) is 58.6 Å². The Balaban J connectivity index is 1.98. The predicted molar refractivity (Wildman–Crippen MR) is 91.5 cm³/mol. The van der Waals surface area contributed by atoms with Gasteiger partial charge in [0.25, 0.3) is 0 Å². The summed E-state index contributed by atoms with van der Waals surface area (Å²) in [5.74, 6) is -0.230. The van der Waals surface area contributed by atoms with Gasteiger partial charge in [-0.1, -0.05) is 30.3 Å². The van der Waals surface area contributed by atoms with E-state index in [1.165, 1.54) is 6.92 Å². The average molecular weight is 337 g/mol. The van der Waals surface area contributed by atoms with Crippen molar-refractivity contribution in [3.05, 3.63) is 35.9 Å². The molecule has 5 heteroatoms. The lowest BCUT2D eigenvalue weighted by atomic mass is 9.92. The summed E-state index contributed by atoms with van der Waals surface area (Å²) < 4.78 is 25.2. The highest BCUT2D eigenvalue weighted by atomic mass is 19.1. The molecular formula is C19H28FNO3. The van der Waals surface area contributed by atoms with Gasteiger partial charge in [0, 0.05) is 12.5 Å². The fourth-order valence-electron chi connectivity index (χ4n) is 2.81. The minimum Gasteiger partial charge on any atom is -0.444 e. The molecule has 0 saturated carbocycles. The van der Waals surface area contributed by atoms with E-state index in [0.717, 1.165) is 5.56 Å². The molecule has 0 N–H and O–H groups in total. The maximum absolute atomic E-state index is 13.9. The van der Waals surface area contributed by atoms with Crippen LogP contribution in [-0.4, -0.2) is 42.0 Å². The fourth-order valence-corrected chi connectivity index (χ4v) is 2.81. The van der Waals surface area contributed by atoms with Crippen molar-refractivity contribution in [3.8, 4) is 0 Å². The van der Waals surface area contributed by atoms with Crippen molar-refractivity contribution in [2.24, 2.45) is 5.92 Å². The molecule has 1 amide bonds. The van der Waals surface area contributed by atoms with Gasteiger partial charge in [0.2, 0.25) is 0 Å². The van der Waals surface area contributed by atoms with E-state index in [4.69, 9.17) is 9.47 Å². The highest BCUT2D eigenvalue weighted by molar-refractivity contribution is 5.68. The Morgan fingerprint density at radius 1 is 1.29 bits per heavy atom. The Labute approximate surface area is 143 Å². The second kappa shape index (κ2) is 7.97. The van der Waals surface area contributed by atoms with Crippen LogP contribution >= 0.6 is 0 Å². The molecule has 0 radical (unpaired) electrons. The number of rotatable bonds is 4. The first-order valence-corrected chi connectivity index (χ1v) is 8.52. The van der Waals surface area contributed by atoms with E-state index in [1.54, 1.807) is 4.90 Å². The summed E-state index contributed by atoms with van der Waals surface area (Å²) in [7, 11) is 0. The lowest BCUT2D eigenvalue weighted by Gasteiger charge is -2.38. The summed E-state index contributed by atoms with van der Waals surface area (Å²) in [6.45, 7) is 8.29. The smallest absolute Gasteiger partial charge is 0.410 e. The van der Waals surface area contributed by atoms with E-state index < -0.39 is 17.9 Å². The third-order valence-electron chi connectivity index (χ3n) is 4.07. The van der Waals surface area contributed by atoms with E-state index in [2.05, 4.69) is 0 Å². The molecule has 3 atom stereocenters. The third-order valence-corrected chi connectivity index (χ3v) is 4.07. The van der Waals surface area contributed by atoms with Crippen molar-refractivity contribution < 1.29 is 18.7 Å². The first-order valence-electron chi connectivity index (χ1n) is 8.52. The van der Waals surface area contributed by atoms with Gasteiger partial charge in [0.05, 0.1) is 19.3 Å². The number of nitrogens with zero attached hydrogens (tertiary/aromatic N) is 1. The lowest BCUT2D eigenvalue weighted by molar-refractivity contribution is -0.0490. The standard InChI is InChI=1S/C19H28FNO3/c1-14(20)16-10-17(23-13-15-8-6-5-7-9-15)12-21(11-16)18(22)24-19(2,3)4/h5-9,14,16-17H,10-13H2,1-4H3. The number of amides is 1. The number of hydrogen-bond acceptors (Lipinski definition) is 3. The molecular weight excluding hydrogens is 309 g/mol. The molecule has 1 fully saturated rings. The van der Waals surface area contributed by atoms with Crippen LogP contribution in [0.15, 0.2) is 30.3 Å². The van der Waals surface area contributed by atoms with Gasteiger partial charge >= 0.3 is 6.09 Å². The molecule has 0 bridgehead atoms. The highest BCUT2D eigenvalue weighted by Crippen LogP contribution is 2.26. The first-order chi connectivity index (χ1) is 11.2. The van der Waals surface area contributed by atoms with Gasteiger partial charge in [0.1, 0.15) is 11.8 Å². The average Bonchev–Trinajstić information content (AvgIpc) is 2.52. The first kappa shape index (κ1) is 18.7. The number of hydrogen-bond donors (Lipinski definition) is 0. The molecule has 4 nitrogen and oxygen atoms in total. The Morgan fingerprint density at radius 3 is 2.54 bits per heavy atom. The van der Waals surface area contributed by atoms with E-state index in [-0.39, 0.29) is 12.0 Å². The maximum atomic E-state index is 13.9. The van der Waals surface area contributed by atoms with Gasteiger partial charge in [-0.2, -0.15) is 0 Å². The number of piperidine rings is 1. The molecule has 1 aliphatic heterocycles. The van der Waals surface area contributed by atoms with Crippen LogP contribution in [-0.2, 0) is 16.1 Å². The second-order valence-corrected chi connectivity index (χ2v) is 7.48. The number of alkyl halides is 1. The van der Waals surface area contributed by atoms with Gasteiger partial charge in [-0.15, -0.1) is 0 Å². The minimum atomic E-state index is -0.988. The number of carbonyl (C=O) groups is 1. The second-order valence-electron chi connectivity index (χ2n) is 7.48. The van der Waals surface area contributed by atoms with Crippen molar-refractivity contribution in [1.29, 1.82) is 0 Å². The summed E-state index contributed by atoms with van der Waals surface area (Å²) in [6.07, 6.45) is -0.960. The van der Waals surface area contributed by atoms with Gasteiger partial charge in [0.15, 0.2) is 0 Å². The number of likely N-dealkylation sites (tertiary alicyclic amines) is 1. The van der Waals surface area contributed by atoms with Crippen molar-refractivity contribution in [3.63, 3.8) is 0 Å². The molecule has 1 aliphatic rings. The van der Waals surface area contributed by atoms with Crippen molar-refractivity contribution >= 4 is 6.09 Å². The molecule has 1 heterocycles. The van der Waals surface area contributed by atoms with Gasteiger partial charge in [-0.3, -0.25) is 0 Å². The molecule has 0 aliphatic carbocycles. The van der Waals surface area contributed by atoms with Gasteiger partial charge in [-0.25, -0.2) is 9.18 Å². The maximum Gasteiger partial charge on any atom is 0.410 e. The normalized spacial score (nSPS) is 23.0. The zero-order valence-corrected chi connectivity index (χ0v) is 15.0. The van der Waals surface area contributed by atoms with Crippen molar-refractivity contribution in [1.82, 2.24) is 4.90 Å². The Hall–Kier alpha value is -1.62. The molecule has 1 saturated heterocycles. The van der Waals surface area contributed by atoms with E-state index >= 15 is 0 Å². The zero-order valence-electron chi connectivity index (χ0n) is 15.0. The highest BCUT2D eigenvalue weighted by Gasteiger charge is 2.35. The Bertz CT molecular complexity index is 527. The van der Waals surface area contributed by atoms with Gasteiger partial charge < -0.3 is 14.4 Å². The number of ether oxygens (including phenoxy) is 2. The number of halogens is 1. The largest absolute Gasteiger partial charge is 0.444 e. The molecule has 3 unspecified atom stereocenters. The monoisotopic (exact) mass is 337 g/mol. The molecule has 1 aromatic carbocycles. The third kappa shape index (κ3) is 5.78. The molecule has 0 spiro atoms. The van der Waals surface area contributed by atoms with Crippen LogP contribution in [0.4, 0.5) is 9.18 Å². The number of carbonyl (C=O) groups excluding carboxylic acids is 1. The zero-order chi connectivity index (χ0) is 17.7. The minimum absolute atomic E-state index is 0.185. The summed E-state index contributed by atoms with van der Waals surface area (Å²) in [4.78, 5) is 13.9. The van der Waals surface area contributed by atoms with Crippen LogP contribution < -0.4 is 0 Å². The van der Waals surface area contributed by atoms with Crippen LogP contribution in [0.3, 0.4) is 0 Å². The predicted octanol–water partition coefficient (Wildman–Crippen LogP) is 4.19. The van der Waals surface area contributed by atoms with E-state index in [1.807, 2.05) is 51.1 Å². The molecule has 1 aromatic rings. The SMILES string of the molecule is CC(F)C1CC(OCc2ccccc2)CN(C(=O)OC(C)(C)C)C1. The quantitative estimate of drug-likeness (QED) is 0.827. The Morgan fingerprint density at radius 2 is 1.96 bits per heavy atom. The van der Waals surface area contributed by atoms with E-state index in [9.17, 15) is 9.18 Å². The van der Waals surface area contributed by atoms with Crippen molar-refractivity contribution in [2.75, 3.05) is 13.1 Å². The van der Waals surface area contributed by atoms with Crippen LogP contribution in [0.2, 0.25) is 0 Å². The fraction of sp³-hybridized carbons (Fsp3) is 0.632. The number of benzene rings is 1. The molecule has 134 valence electrons. The lowest BCUT2D eigenvalue weighted by Crippen LogP contribution is -2.50. The van der Waals surface area contributed by atoms with E-state index in [0.29, 0.717) is 26.1 Å². The summed E-state index contributed by atoms with van der Waals surface area (Å²) in [5, 5.41) is 0. The summed E-state index contributed by atoms with van der Waals surface area (Å²) >= 11 is 0. The molecule has 2 rings (SSSR count). The van der Waals surface area contributed by atoms with Gasteiger partial charge in [-0.05, 0) is 39.7 Å². The molecule has 24 heavy (non-hydrogen) atoms. The van der Waals surface area contributed by atoms with Crippen LogP contribution in [0.25, 0.3) is 0 Å². The summed E-state index contributed by atoms with van der Waals surface area (Å²) in [6, 6.07) is 9.85. The summed E-state index contributed by atoms with van der Waals surface area (Å²) in [5.41, 5.74) is 0.503. The Kier molecular flexibility index (Phi) is 6.21. The van der Waals surface area contributed by atoms with Crippen LogP contribution in [0, 0.1) is 5.92 Å². The molecule has 0 aromatic heterocycles. The topological polar surface area (TPSA) is 38.8 Å². The van der Waals surface area contributed by atoms with Crippen LogP contribution in [0.5, 0.6) is 0 Å². The van der Waals surface area contributed by atoms with Crippen LogP contribution in [0.1, 0.15) is 39.7 Å².